The molecule has 1 saturated heterocycles. The second-order valence-corrected chi connectivity index (χ2v) is 13.8. The van der Waals surface area contributed by atoms with Crippen LogP contribution in [0.5, 0.6) is 0 Å². The maximum Gasteiger partial charge on any atom is 0.251 e. The van der Waals surface area contributed by atoms with Crippen molar-refractivity contribution in [2.45, 2.75) is 78.8 Å². The number of carbonyl (C=O) groups is 1. The van der Waals surface area contributed by atoms with Gasteiger partial charge in [-0.05, 0) is 74.8 Å². The van der Waals surface area contributed by atoms with Crippen LogP contribution < -0.4 is 10.6 Å². The zero-order valence-electron chi connectivity index (χ0n) is 27.4. The molecule has 230 valence electrons. The average molecular weight is 583 g/mol. The molecular weight excluding hydrogens is 532 g/mol. The summed E-state index contributed by atoms with van der Waals surface area (Å²) in [5, 5.41) is 11.9. The second-order valence-electron chi connectivity index (χ2n) is 13.8. The van der Waals surface area contributed by atoms with Crippen LogP contribution in [-0.4, -0.2) is 64.6 Å². The van der Waals surface area contributed by atoms with Gasteiger partial charge in [-0.15, -0.1) is 0 Å². The zero-order chi connectivity index (χ0) is 31.1. The van der Waals surface area contributed by atoms with Crippen LogP contribution in [0.15, 0.2) is 66.8 Å². The van der Waals surface area contributed by atoms with Crippen molar-refractivity contribution >= 4 is 22.7 Å². The number of nitrogens with zero attached hydrogens (tertiary/aromatic N) is 4. The first-order chi connectivity index (χ1) is 20.4. The standard InChI is InChI=1S/C36H50N6O/c1-10-26(21-40(8)9)28-17-32-34-25(5)24(4)16-31(30(34)20-38-42(32)22-28)39-33-18-27(13-14-36(33,6)7)35(43)37-19-29-12-11-15-41(29)23(2)3/h10,13,16-18,20-25,29,39H,1,11-12,14-15,19H2,2-9H3,(H,37,43)/b26-21+/t24?,25?,29-/m0/s1. The van der Waals surface area contributed by atoms with E-state index in [9.17, 15) is 4.79 Å². The quantitative estimate of drug-likeness (QED) is 0.338. The van der Waals surface area contributed by atoms with Crippen molar-refractivity contribution < 1.29 is 4.79 Å². The SMILES string of the molecule is C=C/C(=C\N(C)C)c1cc2c3c(cnn2c1)C(NC1=CC(C(=O)NC[C@@H]2CCCN2C(C)C)=CCC1(C)C)=CC(C)C3C. The van der Waals surface area contributed by atoms with E-state index in [1.165, 1.54) is 12.0 Å². The van der Waals surface area contributed by atoms with E-state index in [1.807, 2.05) is 35.8 Å². The Morgan fingerprint density at radius 3 is 2.74 bits per heavy atom. The van der Waals surface area contributed by atoms with Gasteiger partial charge in [0.2, 0.25) is 0 Å². The molecule has 2 unspecified atom stereocenters. The van der Waals surface area contributed by atoms with Crippen LogP contribution in [0.3, 0.4) is 0 Å². The Hall–Kier alpha value is -3.58. The number of carbonyl (C=O) groups excluding carboxylic acids is 1. The summed E-state index contributed by atoms with van der Waals surface area (Å²) in [5.41, 5.74) is 8.41. The number of aromatic nitrogens is 2. The Labute approximate surface area is 258 Å². The second kappa shape index (κ2) is 12.2. The summed E-state index contributed by atoms with van der Waals surface area (Å²) < 4.78 is 1.99. The van der Waals surface area contributed by atoms with Crippen LogP contribution in [-0.2, 0) is 4.79 Å². The minimum absolute atomic E-state index is 0.0123. The first-order valence-electron chi connectivity index (χ1n) is 15.9. The van der Waals surface area contributed by atoms with Crippen molar-refractivity contribution in [2.24, 2.45) is 11.3 Å². The number of nitrogens with one attached hydrogen (secondary N) is 2. The molecule has 1 amide bonds. The molecule has 43 heavy (non-hydrogen) atoms. The lowest BCUT2D eigenvalue weighted by Crippen LogP contribution is -2.43. The molecule has 2 N–H and O–H groups in total. The van der Waals surface area contributed by atoms with E-state index >= 15 is 0 Å². The molecular formula is C36H50N6O. The topological polar surface area (TPSA) is 64.9 Å². The van der Waals surface area contributed by atoms with E-state index in [4.69, 9.17) is 5.10 Å². The summed E-state index contributed by atoms with van der Waals surface area (Å²) in [7, 11) is 4.04. The smallest absolute Gasteiger partial charge is 0.251 e. The van der Waals surface area contributed by atoms with E-state index in [-0.39, 0.29) is 11.3 Å². The third-order valence-corrected chi connectivity index (χ3v) is 9.57. The van der Waals surface area contributed by atoms with Gasteiger partial charge in [-0.2, -0.15) is 5.10 Å². The molecule has 2 aromatic heterocycles. The fourth-order valence-corrected chi connectivity index (χ4v) is 6.78. The summed E-state index contributed by atoms with van der Waals surface area (Å²) in [4.78, 5) is 17.9. The lowest BCUT2D eigenvalue weighted by Gasteiger charge is -2.35. The molecule has 0 bridgehead atoms. The molecule has 0 spiro atoms. The average Bonchev–Trinajstić information content (AvgIpc) is 3.61. The Bertz CT molecular complexity index is 1520. The predicted molar refractivity (Wildman–Crippen MR) is 178 cm³/mol. The highest BCUT2D eigenvalue weighted by Crippen LogP contribution is 2.42. The van der Waals surface area contributed by atoms with E-state index < -0.39 is 0 Å². The van der Waals surface area contributed by atoms with Crippen molar-refractivity contribution in [3.8, 4) is 0 Å². The van der Waals surface area contributed by atoms with Crippen LogP contribution >= 0.6 is 0 Å². The number of hydrogen-bond donors (Lipinski definition) is 2. The van der Waals surface area contributed by atoms with Crippen LogP contribution in [0.1, 0.15) is 83.4 Å². The van der Waals surface area contributed by atoms with Crippen LogP contribution in [0.4, 0.5) is 0 Å². The van der Waals surface area contributed by atoms with Crippen molar-refractivity contribution in [2.75, 3.05) is 27.2 Å². The third kappa shape index (κ3) is 6.23. The predicted octanol–water partition coefficient (Wildman–Crippen LogP) is 6.34. The van der Waals surface area contributed by atoms with Gasteiger partial charge in [-0.3, -0.25) is 9.69 Å². The maximum atomic E-state index is 13.4. The highest BCUT2D eigenvalue weighted by Gasteiger charge is 2.33. The number of hydrogen-bond acceptors (Lipinski definition) is 5. The molecule has 0 radical (unpaired) electrons. The third-order valence-electron chi connectivity index (χ3n) is 9.57. The minimum atomic E-state index is -0.132. The van der Waals surface area contributed by atoms with Crippen LogP contribution in [0.25, 0.3) is 16.8 Å². The van der Waals surface area contributed by atoms with E-state index in [2.05, 4.69) is 100 Å². The van der Waals surface area contributed by atoms with E-state index in [1.54, 1.807) is 0 Å². The molecule has 3 heterocycles. The normalized spacial score (nSPS) is 23.9. The van der Waals surface area contributed by atoms with Crippen molar-refractivity contribution in [1.29, 1.82) is 0 Å². The van der Waals surface area contributed by atoms with Gasteiger partial charge in [-0.25, -0.2) is 4.52 Å². The van der Waals surface area contributed by atoms with Crippen LogP contribution in [0.2, 0.25) is 0 Å². The van der Waals surface area contributed by atoms with Gasteiger partial charge in [0.25, 0.3) is 5.91 Å². The molecule has 3 aliphatic rings. The van der Waals surface area contributed by atoms with Gasteiger partial charge in [-0.1, -0.05) is 52.5 Å². The molecule has 0 saturated carbocycles. The zero-order valence-corrected chi connectivity index (χ0v) is 27.4. The van der Waals surface area contributed by atoms with Gasteiger partial charge < -0.3 is 15.5 Å². The Morgan fingerprint density at radius 1 is 1.28 bits per heavy atom. The van der Waals surface area contributed by atoms with E-state index in [0.717, 1.165) is 58.6 Å². The number of fused-ring (bicyclic) bond motifs is 3. The summed E-state index contributed by atoms with van der Waals surface area (Å²) in [6.45, 7) is 19.4. The van der Waals surface area contributed by atoms with E-state index in [0.29, 0.717) is 30.5 Å². The number of rotatable bonds is 9. The molecule has 2 aromatic rings. The van der Waals surface area contributed by atoms with Gasteiger partial charge in [0, 0.05) is 78.6 Å². The van der Waals surface area contributed by atoms with Gasteiger partial charge >= 0.3 is 0 Å². The Kier molecular flexibility index (Phi) is 8.75. The number of allylic oxidation sites excluding steroid dienone is 5. The minimum Gasteiger partial charge on any atom is -0.383 e. The van der Waals surface area contributed by atoms with Gasteiger partial charge in [0.1, 0.15) is 0 Å². The fraction of sp³-hybridized carbons (Fsp3) is 0.500. The van der Waals surface area contributed by atoms with Crippen LogP contribution in [0, 0.1) is 11.3 Å². The fourth-order valence-electron chi connectivity index (χ4n) is 6.78. The Balaban J connectivity index is 1.42. The number of likely N-dealkylation sites (tertiary alicyclic amines) is 1. The van der Waals surface area contributed by atoms with Gasteiger partial charge in [0.15, 0.2) is 0 Å². The monoisotopic (exact) mass is 582 g/mol. The first-order valence-corrected chi connectivity index (χ1v) is 15.9. The lowest BCUT2D eigenvalue weighted by molar-refractivity contribution is -0.117. The summed E-state index contributed by atoms with van der Waals surface area (Å²) >= 11 is 0. The molecule has 0 aromatic carbocycles. The summed E-state index contributed by atoms with van der Waals surface area (Å²) in [6, 6.07) is 3.15. The molecule has 1 aliphatic heterocycles. The Morgan fingerprint density at radius 2 is 2.05 bits per heavy atom. The number of amides is 1. The molecule has 5 rings (SSSR count). The van der Waals surface area contributed by atoms with Crippen molar-refractivity contribution in [3.05, 3.63) is 83.5 Å². The maximum absolute atomic E-state index is 13.4. The first kappa shape index (κ1) is 30.9. The van der Waals surface area contributed by atoms with Crippen molar-refractivity contribution in [1.82, 2.24) is 30.0 Å². The molecule has 2 aliphatic carbocycles. The summed E-state index contributed by atoms with van der Waals surface area (Å²) in [5.74, 6) is 0.671. The molecule has 7 nitrogen and oxygen atoms in total. The molecule has 7 heteroatoms. The summed E-state index contributed by atoms with van der Waals surface area (Å²) in [6.07, 6.45) is 17.7. The van der Waals surface area contributed by atoms with Gasteiger partial charge in [0.05, 0.1) is 11.7 Å². The largest absolute Gasteiger partial charge is 0.383 e. The highest BCUT2D eigenvalue weighted by molar-refractivity contribution is 5.96. The van der Waals surface area contributed by atoms with Crippen molar-refractivity contribution in [3.63, 3.8) is 0 Å². The lowest BCUT2D eigenvalue weighted by atomic mass is 9.78. The molecule has 1 fully saturated rings. The highest BCUT2D eigenvalue weighted by atomic mass is 16.1. The molecule has 3 atom stereocenters.